The molecule has 0 saturated heterocycles. The molecule has 0 unspecified atom stereocenters. The Hall–Kier alpha value is -2.43. The predicted molar refractivity (Wildman–Crippen MR) is 73.2 cm³/mol. The zero-order valence-electron chi connectivity index (χ0n) is 11.1. The summed E-state index contributed by atoms with van der Waals surface area (Å²) in [6.07, 6.45) is 2.13. The fourth-order valence-corrected chi connectivity index (χ4v) is 1.80. The number of benzene rings is 1. The van der Waals surface area contributed by atoms with Gasteiger partial charge in [-0.2, -0.15) is 0 Å². The Morgan fingerprint density at radius 2 is 1.95 bits per heavy atom. The minimum atomic E-state index is -0.277. The normalized spacial score (nSPS) is 10.3. The van der Waals surface area contributed by atoms with E-state index in [1.165, 1.54) is 31.3 Å². The van der Waals surface area contributed by atoms with Gasteiger partial charge in [0.05, 0.1) is 0 Å². The van der Waals surface area contributed by atoms with Gasteiger partial charge in [0, 0.05) is 18.3 Å². The van der Waals surface area contributed by atoms with Crippen molar-refractivity contribution < 1.29 is 14.0 Å². The lowest BCUT2D eigenvalue weighted by molar-refractivity contribution is 0.0949. The molecule has 0 saturated carbocycles. The van der Waals surface area contributed by atoms with Gasteiger partial charge in [-0.15, -0.1) is 0 Å². The third-order valence-electron chi connectivity index (χ3n) is 2.95. The van der Waals surface area contributed by atoms with Crippen LogP contribution in [0.2, 0.25) is 0 Å². The molecule has 0 radical (unpaired) electrons. The van der Waals surface area contributed by atoms with Crippen molar-refractivity contribution in [3.8, 4) is 0 Å². The number of halogens is 1. The van der Waals surface area contributed by atoms with E-state index >= 15 is 0 Å². The van der Waals surface area contributed by atoms with E-state index in [0.29, 0.717) is 24.2 Å². The highest BCUT2D eigenvalue weighted by molar-refractivity contribution is 5.99. The van der Waals surface area contributed by atoms with Crippen molar-refractivity contribution in [2.45, 2.75) is 13.3 Å². The number of amides is 1. The SMILES string of the molecule is CC(=O)c1c[nH]c(C(=O)NCCc2ccc(F)cc2)c1. The van der Waals surface area contributed by atoms with Crippen molar-refractivity contribution in [1.82, 2.24) is 10.3 Å². The topological polar surface area (TPSA) is 62.0 Å². The summed E-state index contributed by atoms with van der Waals surface area (Å²) in [6, 6.07) is 7.67. The van der Waals surface area contributed by atoms with E-state index in [4.69, 9.17) is 0 Å². The van der Waals surface area contributed by atoms with Crippen LogP contribution in [0.25, 0.3) is 0 Å². The second kappa shape index (κ2) is 6.14. The molecule has 0 fully saturated rings. The summed E-state index contributed by atoms with van der Waals surface area (Å²) in [5.41, 5.74) is 1.78. The lowest BCUT2D eigenvalue weighted by Gasteiger charge is -2.04. The van der Waals surface area contributed by atoms with E-state index in [-0.39, 0.29) is 17.5 Å². The number of carbonyl (C=O) groups is 2. The van der Waals surface area contributed by atoms with E-state index in [0.717, 1.165) is 5.56 Å². The number of Topliss-reactive ketones (excluding diaryl/α,β-unsaturated/α-hetero) is 1. The summed E-state index contributed by atoms with van der Waals surface area (Å²) in [7, 11) is 0. The van der Waals surface area contributed by atoms with Crippen molar-refractivity contribution >= 4 is 11.7 Å². The van der Waals surface area contributed by atoms with Gasteiger partial charge in [0.15, 0.2) is 5.78 Å². The van der Waals surface area contributed by atoms with Gasteiger partial charge in [-0.1, -0.05) is 12.1 Å². The van der Waals surface area contributed by atoms with Gasteiger partial charge in [-0.05, 0) is 37.1 Å². The number of aromatic nitrogens is 1. The highest BCUT2D eigenvalue weighted by Crippen LogP contribution is 2.05. The van der Waals surface area contributed by atoms with Crippen LogP contribution in [0.4, 0.5) is 4.39 Å². The van der Waals surface area contributed by atoms with Crippen LogP contribution in [-0.2, 0) is 6.42 Å². The van der Waals surface area contributed by atoms with E-state index in [2.05, 4.69) is 10.3 Å². The smallest absolute Gasteiger partial charge is 0.267 e. The Bertz CT molecular complexity index is 617. The van der Waals surface area contributed by atoms with Gasteiger partial charge in [-0.25, -0.2) is 4.39 Å². The molecule has 0 spiro atoms. The van der Waals surface area contributed by atoms with Crippen LogP contribution >= 0.6 is 0 Å². The molecule has 5 heteroatoms. The second-order valence-electron chi connectivity index (χ2n) is 4.49. The van der Waals surface area contributed by atoms with Crippen LogP contribution in [0.3, 0.4) is 0 Å². The molecule has 20 heavy (non-hydrogen) atoms. The number of hydrogen-bond acceptors (Lipinski definition) is 2. The van der Waals surface area contributed by atoms with Crippen molar-refractivity contribution in [3.05, 3.63) is 59.2 Å². The van der Waals surface area contributed by atoms with E-state index in [9.17, 15) is 14.0 Å². The number of H-pyrrole nitrogens is 1. The Kier molecular flexibility index (Phi) is 4.30. The number of ketones is 1. The summed E-state index contributed by atoms with van der Waals surface area (Å²) >= 11 is 0. The molecule has 0 bridgehead atoms. The summed E-state index contributed by atoms with van der Waals surface area (Å²) < 4.78 is 12.7. The van der Waals surface area contributed by atoms with Crippen LogP contribution in [0.5, 0.6) is 0 Å². The Labute approximate surface area is 116 Å². The fourth-order valence-electron chi connectivity index (χ4n) is 1.80. The van der Waals surface area contributed by atoms with Crippen LogP contribution in [0.15, 0.2) is 36.5 Å². The van der Waals surface area contributed by atoms with Crippen LogP contribution in [-0.4, -0.2) is 23.2 Å². The first kappa shape index (κ1) is 14.0. The maximum Gasteiger partial charge on any atom is 0.267 e. The van der Waals surface area contributed by atoms with E-state index in [1.807, 2.05) is 0 Å². The number of rotatable bonds is 5. The molecular weight excluding hydrogens is 259 g/mol. The first-order chi connectivity index (χ1) is 9.56. The molecule has 4 nitrogen and oxygen atoms in total. The summed E-state index contributed by atoms with van der Waals surface area (Å²) in [4.78, 5) is 25.7. The number of aromatic amines is 1. The van der Waals surface area contributed by atoms with Crippen molar-refractivity contribution in [3.63, 3.8) is 0 Å². The van der Waals surface area contributed by atoms with E-state index < -0.39 is 0 Å². The lowest BCUT2D eigenvalue weighted by Crippen LogP contribution is -2.25. The maximum atomic E-state index is 12.7. The summed E-state index contributed by atoms with van der Waals surface area (Å²) in [5.74, 6) is -0.632. The van der Waals surface area contributed by atoms with E-state index in [1.54, 1.807) is 12.1 Å². The second-order valence-corrected chi connectivity index (χ2v) is 4.49. The summed E-state index contributed by atoms with van der Waals surface area (Å²) in [5, 5.41) is 2.74. The van der Waals surface area contributed by atoms with Crippen molar-refractivity contribution in [2.24, 2.45) is 0 Å². The van der Waals surface area contributed by atoms with Gasteiger partial charge < -0.3 is 10.3 Å². The number of nitrogens with one attached hydrogen (secondary N) is 2. The number of hydrogen-bond donors (Lipinski definition) is 2. The highest BCUT2D eigenvalue weighted by Gasteiger charge is 2.09. The summed E-state index contributed by atoms with van der Waals surface area (Å²) in [6.45, 7) is 1.89. The molecule has 2 rings (SSSR count). The van der Waals surface area contributed by atoms with Crippen LogP contribution in [0.1, 0.15) is 33.3 Å². The molecule has 0 atom stereocenters. The third kappa shape index (κ3) is 3.54. The molecule has 1 amide bonds. The van der Waals surface area contributed by atoms with Gasteiger partial charge in [-0.3, -0.25) is 9.59 Å². The quantitative estimate of drug-likeness (QED) is 0.822. The highest BCUT2D eigenvalue weighted by atomic mass is 19.1. The first-order valence-corrected chi connectivity index (χ1v) is 6.28. The molecule has 0 aliphatic carbocycles. The fraction of sp³-hybridized carbons (Fsp3) is 0.200. The standard InChI is InChI=1S/C15H15FN2O2/c1-10(19)12-8-14(18-9-12)15(20)17-7-6-11-2-4-13(16)5-3-11/h2-5,8-9,18H,6-7H2,1H3,(H,17,20). The Morgan fingerprint density at radius 1 is 1.25 bits per heavy atom. The Balaban J connectivity index is 1.85. The molecule has 1 heterocycles. The molecule has 0 aliphatic rings. The average molecular weight is 274 g/mol. The largest absolute Gasteiger partial charge is 0.356 e. The van der Waals surface area contributed by atoms with Crippen molar-refractivity contribution in [2.75, 3.05) is 6.54 Å². The average Bonchev–Trinajstić information content (AvgIpc) is 2.91. The monoisotopic (exact) mass is 274 g/mol. The molecule has 0 aliphatic heterocycles. The zero-order chi connectivity index (χ0) is 14.5. The Morgan fingerprint density at radius 3 is 2.55 bits per heavy atom. The zero-order valence-corrected chi connectivity index (χ0v) is 11.1. The molecule has 1 aromatic heterocycles. The van der Waals surface area contributed by atoms with Gasteiger partial charge >= 0.3 is 0 Å². The van der Waals surface area contributed by atoms with Crippen LogP contribution < -0.4 is 5.32 Å². The predicted octanol–water partition coefficient (Wildman–Crippen LogP) is 2.33. The third-order valence-corrected chi connectivity index (χ3v) is 2.95. The first-order valence-electron chi connectivity index (χ1n) is 6.28. The van der Waals surface area contributed by atoms with Gasteiger partial charge in [0.25, 0.3) is 5.91 Å². The molecule has 1 aromatic carbocycles. The van der Waals surface area contributed by atoms with Gasteiger partial charge in [0.1, 0.15) is 11.5 Å². The molecule has 2 aromatic rings. The number of carbonyl (C=O) groups excluding carboxylic acids is 2. The minimum Gasteiger partial charge on any atom is -0.356 e. The molecule has 104 valence electrons. The molecule has 2 N–H and O–H groups in total. The van der Waals surface area contributed by atoms with Gasteiger partial charge in [0.2, 0.25) is 0 Å². The minimum absolute atomic E-state index is 0.0911. The molecular formula is C15H15FN2O2. The van der Waals surface area contributed by atoms with Crippen molar-refractivity contribution in [1.29, 1.82) is 0 Å². The lowest BCUT2D eigenvalue weighted by atomic mass is 10.1. The maximum absolute atomic E-state index is 12.7. The van der Waals surface area contributed by atoms with Crippen LogP contribution in [0, 0.1) is 5.82 Å².